The van der Waals surface area contributed by atoms with Gasteiger partial charge < -0.3 is 10.6 Å². The van der Waals surface area contributed by atoms with Crippen LogP contribution in [0, 0.1) is 25.7 Å². The summed E-state index contributed by atoms with van der Waals surface area (Å²) < 4.78 is 0. The van der Waals surface area contributed by atoms with Crippen LogP contribution in [0.3, 0.4) is 0 Å². The number of carbonyl (C=O) groups excluding carboxylic acids is 2. The van der Waals surface area contributed by atoms with Crippen LogP contribution in [0.25, 0.3) is 11.1 Å². The summed E-state index contributed by atoms with van der Waals surface area (Å²) >= 11 is 0. The lowest BCUT2D eigenvalue weighted by Crippen LogP contribution is -2.46. The summed E-state index contributed by atoms with van der Waals surface area (Å²) in [5.74, 6) is 0.223. The van der Waals surface area contributed by atoms with Gasteiger partial charge in [-0.3, -0.25) is 9.59 Å². The van der Waals surface area contributed by atoms with E-state index in [4.69, 9.17) is 5.73 Å². The summed E-state index contributed by atoms with van der Waals surface area (Å²) in [5.41, 5.74) is 10.4. The first-order valence-corrected chi connectivity index (χ1v) is 8.74. The zero-order chi connectivity index (χ0) is 17.7. The smallest absolute Gasteiger partial charge is 0.255 e. The van der Waals surface area contributed by atoms with E-state index < -0.39 is 6.04 Å². The molecule has 4 rings (SSSR count). The van der Waals surface area contributed by atoms with Crippen LogP contribution in [-0.2, 0) is 4.79 Å². The number of nitrogens with two attached hydrogens (primary N) is 1. The van der Waals surface area contributed by atoms with E-state index >= 15 is 0 Å². The maximum absolute atomic E-state index is 13.3. The number of amides is 2. The first-order valence-electron chi connectivity index (χ1n) is 8.74. The molecule has 2 fully saturated rings. The molecule has 0 aromatic heterocycles. The summed E-state index contributed by atoms with van der Waals surface area (Å²) in [6.45, 7) is 4.69. The van der Waals surface area contributed by atoms with E-state index in [2.05, 4.69) is 0 Å². The van der Waals surface area contributed by atoms with Crippen molar-refractivity contribution >= 4 is 11.8 Å². The normalized spacial score (nSPS) is 24.1. The molecular formula is C21H22N2O2. The molecule has 4 heteroatoms. The summed E-state index contributed by atoms with van der Waals surface area (Å²) in [4.78, 5) is 26.8. The third-order valence-electron chi connectivity index (χ3n) is 5.55. The maximum atomic E-state index is 13.3. The Kier molecular flexibility index (Phi) is 3.64. The van der Waals surface area contributed by atoms with Crippen LogP contribution in [0.1, 0.15) is 27.9 Å². The van der Waals surface area contributed by atoms with Gasteiger partial charge in [-0.1, -0.05) is 42.0 Å². The maximum Gasteiger partial charge on any atom is 0.255 e. The topological polar surface area (TPSA) is 63.4 Å². The van der Waals surface area contributed by atoms with Gasteiger partial charge in [0, 0.05) is 12.1 Å². The van der Waals surface area contributed by atoms with Crippen LogP contribution < -0.4 is 5.73 Å². The SMILES string of the molecule is Cc1ccc(-c2c(C)cccc2C(=O)N2C[C@H]3C[C@H]3[C@H]2C(N)=O)cc1. The number of rotatable bonds is 3. The standard InChI is InChI=1S/C21H22N2O2/c1-12-6-8-14(9-7-12)18-13(2)4-3-5-16(18)21(25)23-11-15-10-17(15)19(23)20(22)24/h3-9,15,17,19H,10-11H2,1-2H3,(H2,22,24)/t15-,17-,19+/m1/s1. The highest BCUT2D eigenvalue weighted by Gasteiger charge is 2.56. The lowest BCUT2D eigenvalue weighted by molar-refractivity contribution is -0.122. The molecule has 25 heavy (non-hydrogen) atoms. The van der Waals surface area contributed by atoms with Crippen molar-refractivity contribution in [3.05, 3.63) is 59.2 Å². The molecule has 0 unspecified atom stereocenters. The lowest BCUT2D eigenvalue weighted by atomic mass is 9.93. The Morgan fingerprint density at radius 1 is 1.08 bits per heavy atom. The van der Waals surface area contributed by atoms with Crippen molar-refractivity contribution in [3.63, 3.8) is 0 Å². The first kappa shape index (κ1) is 15.9. The van der Waals surface area contributed by atoms with Crippen LogP contribution >= 0.6 is 0 Å². The lowest BCUT2D eigenvalue weighted by Gasteiger charge is -2.26. The molecule has 2 aromatic carbocycles. The Morgan fingerprint density at radius 3 is 2.48 bits per heavy atom. The minimum atomic E-state index is -0.455. The van der Waals surface area contributed by atoms with Crippen molar-refractivity contribution in [1.29, 1.82) is 0 Å². The van der Waals surface area contributed by atoms with Crippen LogP contribution in [0.15, 0.2) is 42.5 Å². The molecule has 0 radical (unpaired) electrons. The molecule has 2 aromatic rings. The predicted octanol–water partition coefficient (Wildman–Crippen LogP) is 2.92. The molecule has 2 N–H and O–H groups in total. The van der Waals surface area contributed by atoms with Gasteiger partial charge in [0.05, 0.1) is 0 Å². The summed E-state index contributed by atoms with van der Waals surface area (Å²) in [6.07, 6.45) is 1.01. The summed E-state index contributed by atoms with van der Waals surface area (Å²) in [7, 11) is 0. The Bertz CT molecular complexity index is 857. The molecule has 2 aliphatic rings. The number of primary amides is 1. The van der Waals surface area contributed by atoms with E-state index in [1.807, 2.05) is 56.3 Å². The quantitative estimate of drug-likeness (QED) is 0.938. The Balaban J connectivity index is 1.76. The van der Waals surface area contributed by atoms with Crippen LogP contribution in [0.4, 0.5) is 0 Å². The van der Waals surface area contributed by atoms with Gasteiger partial charge in [0.25, 0.3) is 5.91 Å². The Morgan fingerprint density at radius 2 is 1.80 bits per heavy atom. The predicted molar refractivity (Wildman–Crippen MR) is 97.0 cm³/mol. The van der Waals surface area contributed by atoms with Gasteiger partial charge in [-0.25, -0.2) is 0 Å². The second kappa shape index (κ2) is 5.73. The molecule has 1 aliphatic heterocycles. The monoisotopic (exact) mass is 334 g/mol. The minimum Gasteiger partial charge on any atom is -0.368 e. The van der Waals surface area contributed by atoms with Gasteiger partial charge in [0.2, 0.25) is 5.91 Å². The van der Waals surface area contributed by atoms with Crippen molar-refractivity contribution in [2.24, 2.45) is 17.6 Å². The molecule has 1 saturated heterocycles. The third kappa shape index (κ3) is 2.62. The van der Waals surface area contributed by atoms with E-state index in [0.29, 0.717) is 18.0 Å². The average Bonchev–Trinajstić information content (AvgIpc) is 3.24. The second-order valence-corrected chi connectivity index (χ2v) is 7.33. The number of nitrogens with zero attached hydrogens (tertiary/aromatic N) is 1. The van der Waals surface area contributed by atoms with Crippen molar-refractivity contribution in [2.45, 2.75) is 26.3 Å². The van der Waals surface area contributed by atoms with E-state index in [0.717, 1.165) is 23.1 Å². The van der Waals surface area contributed by atoms with Crippen molar-refractivity contribution in [2.75, 3.05) is 6.54 Å². The third-order valence-corrected chi connectivity index (χ3v) is 5.55. The molecule has 4 nitrogen and oxygen atoms in total. The van der Waals surface area contributed by atoms with E-state index in [-0.39, 0.29) is 17.7 Å². The zero-order valence-electron chi connectivity index (χ0n) is 14.5. The van der Waals surface area contributed by atoms with Gasteiger partial charge in [-0.2, -0.15) is 0 Å². The number of carbonyl (C=O) groups is 2. The van der Waals surface area contributed by atoms with Crippen molar-refractivity contribution < 1.29 is 9.59 Å². The highest BCUT2D eigenvalue weighted by Crippen LogP contribution is 2.50. The highest BCUT2D eigenvalue weighted by atomic mass is 16.2. The number of aryl methyl sites for hydroxylation is 2. The van der Waals surface area contributed by atoms with Crippen LogP contribution in [0.2, 0.25) is 0 Å². The van der Waals surface area contributed by atoms with Crippen molar-refractivity contribution in [1.82, 2.24) is 4.90 Å². The van der Waals surface area contributed by atoms with Crippen LogP contribution in [-0.4, -0.2) is 29.3 Å². The van der Waals surface area contributed by atoms with Gasteiger partial charge in [-0.15, -0.1) is 0 Å². The second-order valence-electron chi connectivity index (χ2n) is 7.33. The molecule has 0 spiro atoms. The number of likely N-dealkylation sites (tertiary alicyclic amines) is 1. The number of hydrogen-bond acceptors (Lipinski definition) is 2. The van der Waals surface area contributed by atoms with E-state index in [1.54, 1.807) is 4.90 Å². The summed E-state index contributed by atoms with van der Waals surface area (Å²) in [6, 6.07) is 13.5. The minimum absolute atomic E-state index is 0.0877. The molecule has 0 bridgehead atoms. The molecule has 1 aliphatic carbocycles. The van der Waals surface area contributed by atoms with Crippen molar-refractivity contribution in [3.8, 4) is 11.1 Å². The molecule has 2 amide bonds. The van der Waals surface area contributed by atoms with Gasteiger partial charge in [0.15, 0.2) is 0 Å². The number of benzene rings is 2. The first-order chi connectivity index (χ1) is 12.0. The fraction of sp³-hybridized carbons (Fsp3) is 0.333. The van der Waals surface area contributed by atoms with E-state index in [9.17, 15) is 9.59 Å². The molecular weight excluding hydrogens is 312 g/mol. The molecule has 1 saturated carbocycles. The molecule has 128 valence electrons. The number of piperidine rings is 1. The molecule has 3 atom stereocenters. The van der Waals surface area contributed by atoms with Gasteiger partial charge in [0.1, 0.15) is 6.04 Å². The summed E-state index contributed by atoms with van der Waals surface area (Å²) in [5, 5.41) is 0. The van der Waals surface area contributed by atoms with Gasteiger partial charge >= 0.3 is 0 Å². The highest BCUT2D eigenvalue weighted by molar-refractivity contribution is 6.04. The average molecular weight is 334 g/mol. The fourth-order valence-corrected chi connectivity index (χ4v) is 4.14. The fourth-order valence-electron chi connectivity index (χ4n) is 4.14. The number of fused-ring (bicyclic) bond motifs is 1. The van der Waals surface area contributed by atoms with E-state index in [1.165, 1.54) is 5.56 Å². The molecule has 1 heterocycles. The Labute approximate surface area is 147 Å². The van der Waals surface area contributed by atoms with Crippen LogP contribution in [0.5, 0.6) is 0 Å². The zero-order valence-corrected chi connectivity index (χ0v) is 14.5. The van der Waals surface area contributed by atoms with Gasteiger partial charge in [-0.05, 0) is 54.9 Å². The number of hydrogen-bond donors (Lipinski definition) is 1. The Hall–Kier alpha value is -2.62. The largest absolute Gasteiger partial charge is 0.368 e.